The van der Waals surface area contributed by atoms with Crippen molar-refractivity contribution in [2.45, 2.75) is 12.8 Å². The van der Waals surface area contributed by atoms with Crippen molar-refractivity contribution < 1.29 is 4.79 Å². The van der Waals surface area contributed by atoms with Crippen LogP contribution in [0.25, 0.3) is 16.9 Å². The van der Waals surface area contributed by atoms with Crippen molar-refractivity contribution in [2.24, 2.45) is 5.92 Å². The van der Waals surface area contributed by atoms with E-state index in [2.05, 4.69) is 15.7 Å². The van der Waals surface area contributed by atoms with E-state index in [-0.39, 0.29) is 5.91 Å². The Morgan fingerprint density at radius 1 is 1.18 bits per heavy atom. The fraction of sp³-hybridized carbons (Fsp3) is 0.273. The fourth-order valence-electron chi connectivity index (χ4n) is 3.52. The number of benzene rings is 2. The average molecular weight is 395 g/mol. The summed E-state index contributed by atoms with van der Waals surface area (Å²) in [5.74, 6) is 0.543. The van der Waals surface area contributed by atoms with Crippen LogP contribution < -0.4 is 10.6 Å². The summed E-state index contributed by atoms with van der Waals surface area (Å²) >= 11 is 6.02. The lowest BCUT2D eigenvalue weighted by molar-refractivity contribution is 0.0952. The van der Waals surface area contributed by atoms with Crippen molar-refractivity contribution in [3.63, 3.8) is 0 Å². The van der Waals surface area contributed by atoms with Crippen LogP contribution in [0.1, 0.15) is 23.2 Å². The SMILES string of the molecule is O=C(NCCC1CCNC1)c1cn(-c2ccccc2)nc1-c1ccc(Cl)cc1. The highest BCUT2D eigenvalue weighted by molar-refractivity contribution is 6.30. The van der Waals surface area contributed by atoms with Gasteiger partial charge in [0.15, 0.2) is 0 Å². The van der Waals surface area contributed by atoms with Crippen LogP contribution in [-0.4, -0.2) is 35.3 Å². The summed E-state index contributed by atoms with van der Waals surface area (Å²) in [6.45, 7) is 2.78. The third-order valence-electron chi connectivity index (χ3n) is 5.10. The van der Waals surface area contributed by atoms with Crippen molar-refractivity contribution in [1.29, 1.82) is 0 Å². The second kappa shape index (κ2) is 8.59. The Bertz CT molecular complexity index is 931. The summed E-state index contributed by atoms with van der Waals surface area (Å²) in [5.41, 5.74) is 2.99. The molecule has 1 amide bonds. The molecule has 144 valence electrons. The zero-order chi connectivity index (χ0) is 19.3. The van der Waals surface area contributed by atoms with E-state index in [0.29, 0.717) is 28.7 Å². The van der Waals surface area contributed by atoms with Crippen molar-refractivity contribution >= 4 is 17.5 Å². The predicted octanol–water partition coefficient (Wildman–Crippen LogP) is 3.92. The van der Waals surface area contributed by atoms with E-state index in [4.69, 9.17) is 11.6 Å². The number of hydrogen-bond donors (Lipinski definition) is 2. The monoisotopic (exact) mass is 394 g/mol. The highest BCUT2D eigenvalue weighted by Gasteiger charge is 2.20. The van der Waals surface area contributed by atoms with Gasteiger partial charge in [-0.05, 0) is 56.1 Å². The van der Waals surface area contributed by atoms with E-state index in [0.717, 1.165) is 30.8 Å². The molecule has 4 rings (SSSR count). The topological polar surface area (TPSA) is 59.0 Å². The van der Waals surface area contributed by atoms with E-state index >= 15 is 0 Å². The minimum Gasteiger partial charge on any atom is -0.352 e. The largest absolute Gasteiger partial charge is 0.352 e. The number of para-hydroxylation sites is 1. The number of carbonyl (C=O) groups is 1. The average Bonchev–Trinajstić information content (AvgIpc) is 3.39. The Morgan fingerprint density at radius 2 is 1.96 bits per heavy atom. The second-order valence-electron chi connectivity index (χ2n) is 7.08. The minimum absolute atomic E-state index is 0.0990. The van der Waals surface area contributed by atoms with Crippen LogP contribution in [0.4, 0.5) is 0 Å². The molecule has 1 aromatic heterocycles. The Hall–Kier alpha value is -2.63. The zero-order valence-corrected chi connectivity index (χ0v) is 16.3. The van der Waals surface area contributed by atoms with Gasteiger partial charge in [-0.1, -0.05) is 41.9 Å². The molecule has 1 fully saturated rings. The molecule has 0 bridgehead atoms. The number of halogens is 1. The quantitative estimate of drug-likeness (QED) is 0.666. The first kappa shape index (κ1) is 18.7. The van der Waals surface area contributed by atoms with Gasteiger partial charge in [-0.3, -0.25) is 4.79 Å². The molecule has 5 nitrogen and oxygen atoms in total. The Kier molecular flexibility index (Phi) is 5.74. The number of nitrogens with one attached hydrogen (secondary N) is 2. The maximum atomic E-state index is 12.9. The number of hydrogen-bond acceptors (Lipinski definition) is 3. The smallest absolute Gasteiger partial charge is 0.255 e. The second-order valence-corrected chi connectivity index (χ2v) is 7.52. The van der Waals surface area contributed by atoms with Gasteiger partial charge >= 0.3 is 0 Å². The fourth-order valence-corrected chi connectivity index (χ4v) is 3.65. The lowest BCUT2D eigenvalue weighted by atomic mass is 10.0. The highest BCUT2D eigenvalue weighted by atomic mass is 35.5. The van der Waals surface area contributed by atoms with Crippen LogP contribution >= 0.6 is 11.6 Å². The Morgan fingerprint density at radius 3 is 2.68 bits per heavy atom. The molecule has 2 N–H and O–H groups in total. The molecule has 3 aromatic rings. The Balaban J connectivity index is 1.59. The van der Waals surface area contributed by atoms with Crippen LogP contribution in [0.5, 0.6) is 0 Å². The van der Waals surface area contributed by atoms with Crippen molar-refractivity contribution in [1.82, 2.24) is 20.4 Å². The zero-order valence-electron chi connectivity index (χ0n) is 15.6. The van der Waals surface area contributed by atoms with E-state index in [1.807, 2.05) is 54.6 Å². The molecule has 2 heterocycles. The first-order valence-corrected chi connectivity index (χ1v) is 9.98. The standard InChI is InChI=1S/C22H23ClN4O/c23-18-8-6-17(7-9-18)21-20(15-27(26-21)19-4-2-1-3-5-19)22(28)25-13-11-16-10-12-24-14-16/h1-9,15-16,24H,10-14H2,(H,25,28). The van der Waals surface area contributed by atoms with Gasteiger partial charge in [0.2, 0.25) is 0 Å². The third kappa shape index (κ3) is 4.26. The number of nitrogens with zero attached hydrogens (tertiary/aromatic N) is 2. The van der Waals surface area contributed by atoms with E-state index in [1.165, 1.54) is 6.42 Å². The summed E-state index contributed by atoms with van der Waals surface area (Å²) in [6.07, 6.45) is 3.96. The maximum absolute atomic E-state index is 12.9. The van der Waals surface area contributed by atoms with Crippen LogP contribution in [0, 0.1) is 5.92 Å². The number of rotatable bonds is 6. The molecular formula is C22H23ClN4O. The summed E-state index contributed by atoms with van der Waals surface area (Å²) in [7, 11) is 0. The molecule has 0 saturated carbocycles. The third-order valence-corrected chi connectivity index (χ3v) is 5.35. The van der Waals surface area contributed by atoms with Gasteiger partial charge in [-0.2, -0.15) is 5.10 Å². The molecule has 2 aromatic carbocycles. The highest BCUT2D eigenvalue weighted by Crippen LogP contribution is 2.25. The molecule has 0 aliphatic carbocycles. The van der Waals surface area contributed by atoms with Gasteiger partial charge in [0, 0.05) is 23.3 Å². The number of aromatic nitrogens is 2. The number of carbonyl (C=O) groups excluding carboxylic acids is 1. The summed E-state index contributed by atoms with van der Waals surface area (Å²) in [6, 6.07) is 17.2. The van der Waals surface area contributed by atoms with Crippen molar-refractivity contribution in [3.05, 3.63) is 71.4 Å². The first-order chi connectivity index (χ1) is 13.7. The van der Waals surface area contributed by atoms with E-state index < -0.39 is 0 Å². The van der Waals surface area contributed by atoms with Crippen LogP contribution in [0.2, 0.25) is 5.02 Å². The molecule has 1 aliphatic rings. The van der Waals surface area contributed by atoms with Crippen LogP contribution in [0.3, 0.4) is 0 Å². The van der Waals surface area contributed by atoms with E-state index in [9.17, 15) is 4.79 Å². The minimum atomic E-state index is -0.0990. The summed E-state index contributed by atoms with van der Waals surface area (Å²) in [4.78, 5) is 12.9. The first-order valence-electron chi connectivity index (χ1n) is 9.60. The lowest BCUT2D eigenvalue weighted by Gasteiger charge is -2.09. The molecule has 1 unspecified atom stereocenters. The molecule has 1 atom stereocenters. The molecular weight excluding hydrogens is 372 g/mol. The number of amides is 1. The molecule has 28 heavy (non-hydrogen) atoms. The van der Waals surface area contributed by atoms with E-state index in [1.54, 1.807) is 10.9 Å². The van der Waals surface area contributed by atoms with Gasteiger partial charge in [-0.25, -0.2) is 4.68 Å². The summed E-state index contributed by atoms with van der Waals surface area (Å²) in [5, 5.41) is 11.8. The molecule has 1 saturated heterocycles. The van der Waals surface area contributed by atoms with Crippen molar-refractivity contribution in [3.8, 4) is 16.9 Å². The van der Waals surface area contributed by atoms with Gasteiger partial charge in [0.1, 0.15) is 5.69 Å². The lowest BCUT2D eigenvalue weighted by Crippen LogP contribution is -2.26. The van der Waals surface area contributed by atoms with Gasteiger partial charge in [0.05, 0.1) is 11.3 Å². The Labute approximate surface area is 169 Å². The van der Waals surface area contributed by atoms with Gasteiger partial charge in [0.25, 0.3) is 5.91 Å². The molecule has 0 spiro atoms. The molecule has 1 aliphatic heterocycles. The van der Waals surface area contributed by atoms with Crippen LogP contribution in [-0.2, 0) is 0 Å². The van der Waals surface area contributed by atoms with Gasteiger partial charge < -0.3 is 10.6 Å². The van der Waals surface area contributed by atoms with Crippen molar-refractivity contribution in [2.75, 3.05) is 19.6 Å². The maximum Gasteiger partial charge on any atom is 0.255 e. The van der Waals surface area contributed by atoms with Crippen LogP contribution in [0.15, 0.2) is 60.8 Å². The summed E-state index contributed by atoms with van der Waals surface area (Å²) < 4.78 is 1.75. The van der Waals surface area contributed by atoms with Gasteiger partial charge in [-0.15, -0.1) is 0 Å². The molecule has 0 radical (unpaired) electrons. The normalized spacial score (nSPS) is 16.2. The molecule has 6 heteroatoms. The predicted molar refractivity (Wildman–Crippen MR) is 112 cm³/mol.